The van der Waals surface area contributed by atoms with Crippen molar-refractivity contribution in [2.24, 2.45) is 0 Å². The van der Waals surface area contributed by atoms with E-state index >= 15 is 0 Å². The molecular formula is C25H23ClN2O2S. The zero-order chi connectivity index (χ0) is 21.8. The van der Waals surface area contributed by atoms with E-state index in [0.717, 1.165) is 22.6 Å². The Kier molecular flexibility index (Phi) is 6.64. The summed E-state index contributed by atoms with van der Waals surface area (Å²) in [6, 6.07) is 22.7. The highest BCUT2D eigenvalue weighted by Crippen LogP contribution is 2.30. The first kappa shape index (κ1) is 21.5. The molecule has 1 unspecified atom stereocenters. The Hall–Kier alpha value is -2.76. The molecule has 0 fully saturated rings. The van der Waals surface area contributed by atoms with Crippen LogP contribution in [0.2, 0.25) is 5.02 Å². The number of carbonyl (C=O) groups is 2. The van der Waals surface area contributed by atoms with E-state index < -0.39 is 0 Å². The molecule has 0 bridgehead atoms. The Morgan fingerprint density at radius 2 is 1.74 bits per heavy atom. The molecule has 31 heavy (non-hydrogen) atoms. The number of amides is 2. The van der Waals surface area contributed by atoms with E-state index in [1.807, 2.05) is 72.5 Å². The monoisotopic (exact) mass is 450 g/mol. The van der Waals surface area contributed by atoms with E-state index in [1.165, 1.54) is 17.3 Å². The predicted molar refractivity (Wildman–Crippen MR) is 127 cm³/mol. The number of fused-ring (bicyclic) bond motifs is 1. The molecule has 3 aromatic carbocycles. The average molecular weight is 451 g/mol. The zero-order valence-corrected chi connectivity index (χ0v) is 18.7. The fraction of sp³-hybridized carbons (Fsp3) is 0.200. The van der Waals surface area contributed by atoms with Crippen molar-refractivity contribution in [3.8, 4) is 0 Å². The van der Waals surface area contributed by atoms with E-state index in [0.29, 0.717) is 17.1 Å². The quantitative estimate of drug-likeness (QED) is 0.503. The summed E-state index contributed by atoms with van der Waals surface area (Å²) in [5.74, 6) is 0.176. The molecule has 2 amide bonds. The second-order valence-corrected chi connectivity index (χ2v) is 8.91. The van der Waals surface area contributed by atoms with Gasteiger partial charge in [-0.2, -0.15) is 0 Å². The molecule has 0 spiro atoms. The number of benzene rings is 3. The first-order chi connectivity index (χ1) is 15.0. The lowest BCUT2D eigenvalue weighted by atomic mass is 10.1. The van der Waals surface area contributed by atoms with Gasteiger partial charge in [0.2, 0.25) is 5.91 Å². The lowest BCUT2D eigenvalue weighted by molar-refractivity contribution is -0.116. The normalized spacial score (nSPS) is 13.5. The molecule has 3 aromatic rings. The number of anilines is 1. The fourth-order valence-corrected chi connectivity index (χ4v) is 4.76. The standard InChI is InChI=1S/C25H23ClN2O2S/c1-17(18-10-12-20(26)13-11-18)27-25(30)21-7-3-5-9-23(21)31-16-24(29)28-15-14-19-6-2-4-8-22(19)28/h2-13,17H,14-16H2,1H3,(H,27,30). The van der Waals surface area contributed by atoms with Crippen molar-refractivity contribution in [1.29, 1.82) is 0 Å². The summed E-state index contributed by atoms with van der Waals surface area (Å²) in [6.07, 6.45) is 0.883. The topological polar surface area (TPSA) is 49.4 Å². The second-order valence-electron chi connectivity index (χ2n) is 7.46. The third-order valence-corrected chi connectivity index (χ3v) is 6.70. The van der Waals surface area contributed by atoms with Gasteiger partial charge in [0.1, 0.15) is 0 Å². The van der Waals surface area contributed by atoms with Crippen LogP contribution < -0.4 is 10.2 Å². The molecule has 1 heterocycles. The summed E-state index contributed by atoms with van der Waals surface area (Å²) in [4.78, 5) is 28.4. The van der Waals surface area contributed by atoms with E-state index in [9.17, 15) is 9.59 Å². The van der Waals surface area contributed by atoms with Crippen molar-refractivity contribution in [1.82, 2.24) is 5.32 Å². The van der Waals surface area contributed by atoms with Crippen molar-refractivity contribution in [3.05, 3.63) is 94.5 Å². The van der Waals surface area contributed by atoms with Crippen LogP contribution in [-0.2, 0) is 11.2 Å². The second kappa shape index (κ2) is 9.58. The third kappa shape index (κ3) is 4.94. The number of rotatable bonds is 6. The van der Waals surface area contributed by atoms with Crippen LogP contribution >= 0.6 is 23.4 Å². The molecule has 6 heteroatoms. The van der Waals surface area contributed by atoms with Gasteiger partial charge < -0.3 is 10.2 Å². The van der Waals surface area contributed by atoms with E-state index in [-0.39, 0.29) is 23.6 Å². The van der Waals surface area contributed by atoms with Crippen LogP contribution in [-0.4, -0.2) is 24.1 Å². The Labute approximate surface area is 191 Å². The van der Waals surface area contributed by atoms with Gasteiger partial charge in [-0.3, -0.25) is 9.59 Å². The van der Waals surface area contributed by atoms with Gasteiger partial charge in [0.05, 0.1) is 17.4 Å². The van der Waals surface area contributed by atoms with Gasteiger partial charge in [-0.25, -0.2) is 0 Å². The molecular weight excluding hydrogens is 428 g/mol. The van der Waals surface area contributed by atoms with Crippen LogP contribution in [0.4, 0.5) is 5.69 Å². The van der Waals surface area contributed by atoms with Gasteiger partial charge in [-0.1, -0.05) is 54.1 Å². The van der Waals surface area contributed by atoms with Crippen LogP contribution in [0.15, 0.2) is 77.7 Å². The van der Waals surface area contributed by atoms with E-state index in [1.54, 1.807) is 6.07 Å². The average Bonchev–Trinajstić information content (AvgIpc) is 3.22. The van der Waals surface area contributed by atoms with Crippen LogP contribution in [0, 0.1) is 0 Å². The summed E-state index contributed by atoms with van der Waals surface area (Å²) < 4.78 is 0. The number of nitrogens with one attached hydrogen (secondary N) is 1. The number of nitrogens with zero attached hydrogens (tertiary/aromatic N) is 1. The Morgan fingerprint density at radius 3 is 2.55 bits per heavy atom. The SMILES string of the molecule is CC(NC(=O)c1ccccc1SCC(=O)N1CCc2ccccc21)c1ccc(Cl)cc1. The Balaban J connectivity index is 1.42. The van der Waals surface area contributed by atoms with Crippen LogP contribution in [0.1, 0.15) is 34.5 Å². The Morgan fingerprint density at radius 1 is 1.03 bits per heavy atom. The molecule has 1 atom stereocenters. The number of thioether (sulfide) groups is 1. The largest absolute Gasteiger partial charge is 0.345 e. The molecule has 4 nitrogen and oxygen atoms in total. The highest BCUT2D eigenvalue weighted by molar-refractivity contribution is 8.00. The van der Waals surface area contributed by atoms with Gasteiger partial charge in [0.25, 0.3) is 5.91 Å². The van der Waals surface area contributed by atoms with Crippen molar-refractivity contribution >= 4 is 40.9 Å². The van der Waals surface area contributed by atoms with Crippen LogP contribution in [0.25, 0.3) is 0 Å². The molecule has 0 saturated heterocycles. The van der Waals surface area contributed by atoms with Crippen LogP contribution in [0.5, 0.6) is 0 Å². The molecule has 0 radical (unpaired) electrons. The minimum Gasteiger partial charge on any atom is -0.345 e. The molecule has 1 aliphatic heterocycles. The first-order valence-corrected chi connectivity index (χ1v) is 11.6. The lowest BCUT2D eigenvalue weighted by Gasteiger charge is -2.18. The molecule has 1 aliphatic rings. The zero-order valence-electron chi connectivity index (χ0n) is 17.2. The van der Waals surface area contributed by atoms with Crippen molar-refractivity contribution in [2.75, 3.05) is 17.2 Å². The molecule has 0 saturated carbocycles. The van der Waals surface area contributed by atoms with Gasteiger partial charge in [0.15, 0.2) is 0 Å². The summed E-state index contributed by atoms with van der Waals surface area (Å²) in [7, 11) is 0. The van der Waals surface area contributed by atoms with Gasteiger partial charge >= 0.3 is 0 Å². The van der Waals surface area contributed by atoms with Gasteiger partial charge in [-0.05, 0) is 54.8 Å². The molecule has 1 N–H and O–H groups in total. The molecule has 0 aliphatic carbocycles. The van der Waals surface area contributed by atoms with Gasteiger partial charge in [-0.15, -0.1) is 11.8 Å². The number of para-hydroxylation sites is 1. The maximum atomic E-state index is 12.9. The maximum Gasteiger partial charge on any atom is 0.252 e. The summed E-state index contributed by atoms with van der Waals surface area (Å²) in [5.41, 5.74) is 3.75. The number of carbonyl (C=O) groups excluding carboxylic acids is 2. The minimum absolute atomic E-state index is 0.0553. The van der Waals surface area contributed by atoms with E-state index in [4.69, 9.17) is 11.6 Å². The van der Waals surface area contributed by atoms with Crippen LogP contribution in [0.3, 0.4) is 0 Å². The Bertz CT molecular complexity index is 1100. The highest BCUT2D eigenvalue weighted by atomic mass is 35.5. The summed E-state index contributed by atoms with van der Waals surface area (Å²) in [6.45, 7) is 2.64. The molecule has 158 valence electrons. The lowest BCUT2D eigenvalue weighted by Crippen LogP contribution is -2.30. The summed E-state index contributed by atoms with van der Waals surface area (Å²) >= 11 is 7.35. The number of hydrogen-bond donors (Lipinski definition) is 1. The molecule has 0 aromatic heterocycles. The minimum atomic E-state index is -0.162. The maximum absolute atomic E-state index is 12.9. The van der Waals surface area contributed by atoms with Crippen molar-refractivity contribution < 1.29 is 9.59 Å². The number of halogens is 1. The number of hydrogen-bond acceptors (Lipinski definition) is 3. The van der Waals surface area contributed by atoms with Crippen molar-refractivity contribution in [2.45, 2.75) is 24.3 Å². The summed E-state index contributed by atoms with van der Waals surface area (Å²) in [5, 5.41) is 3.70. The molecule has 4 rings (SSSR count). The predicted octanol–water partition coefficient (Wildman–Crippen LogP) is 5.51. The van der Waals surface area contributed by atoms with Gasteiger partial charge in [0, 0.05) is 22.2 Å². The third-order valence-electron chi connectivity index (χ3n) is 5.39. The van der Waals surface area contributed by atoms with E-state index in [2.05, 4.69) is 11.4 Å². The first-order valence-electron chi connectivity index (χ1n) is 10.2. The fourth-order valence-electron chi connectivity index (χ4n) is 3.70. The van der Waals surface area contributed by atoms with Crippen molar-refractivity contribution in [3.63, 3.8) is 0 Å². The smallest absolute Gasteiger partial charge is 0.252 e. The highest BCUT2D eigenvalue weighted by Gasteiger charge is 2.24.